The lowest BCUT2D eigenvalue weighted by atomic mass is 10.2. The smallest absolute Gasteiger partial charge is 0.140 e. The van der Waals surface area contributed by atoms with Gasteiger partial charge in [-0.25, -0.2) is 4.98 Å². The van der Waals surface area contributed by atoms with E-state index in [2.05, 4.69) is 15.4 Å². The Morgan fingerprint density at radius 3 is 2.67 bits per heavy atom. The Labute approximate surface area is 104 Å². The highest BCUT2D eigenvalue weighted by molar-refractivity contribution is 5.83. The summed E-state index contributed by atoms with van der Waals surface area (Å²) in [5.74, 6) is 6.34. The minimum atomic E-state index is 0.867. The summed E-state index contributed by atoms with van der Waals surface area (Å²) < 4.78 is 2.05. The summed E-state index contributed by atoms with van der Waals surface area (Å²) in [7, 11) is 1.99. The van der Waals surface area contributed by atoms with Crippen LogP contribution in [0.1, 0.15) is 0 Å². The van der Waals surface area contributed by atoms with Crippen molar-refractivity contribution < 1.29 is 0 Å². The number of nitrogen functional groups attached to an aromatic ring is 1. The molecule has 0 amide bonds. The molecule has 0 bridgehead atoms. The molecule has 18 heavy (non-hydrogen) atoms. The number of fused-ring (bicyclic) bond motifs is 1. The molecule has 2 heterocycles. The third-order valence-electron chi connectivity index (χ3n) is 2.99. The lowest BCUT2D eigenvalue weighted by Crippen LogP contribution is -2.06. The number of nitrogens with zero attached hydrogens (tertiary/aromatic N) is 3. The van der Waals surface area contributed by atoms with Crippen molar-refractivity contribution in [2.75, 3.05) is 5.43 Å². The van der Waals surface area contributed by atoms with E-state index in [1.165, 1.54) is 0 Å². The monoisotopic (exact) mass is 239 g/mol. The number of nitrogens with two attached hydrogens (primary N) is 1. The Kier molecular flexibility index (Phi) is 2.46. The van der Waals surface area contributed by atoms with E-state index in [4.69, 9.17) is 5.84 Å². The van der Waals surface area contributed by atoms with Gasteiger partial charge in [0.2, 0.25) is 0 Å². The van der Waals surface area contributed by atoms with Crippen molar-refractivity contribution in [1.29, 1.82) is 0 Å². The van der Waals surface area contributed by atoms with Crippen LogP contribution in [0.2, 0.25) is 0 Å². The molecule has 2 aromatic heterocycles. The second-order valence-electron chi connectivity index (χ2n) is 4.08. The van der Waals surface area contributed by atoms with Gasteiger partial charge in [0.25, 0.3) is 0 Å². The average Bonchev–Trinajstić information content (AvgIpc) is 2.77. The third kappa shape index (κ3) is 1.61. The van der Waals surface area contributed by atoms with Crippen molar-refractivity contribution in [3.05, 3.63) is 42.7 Å². The topological polar surface area (TPSA) is 68.8 Å². The van der Waals surface area contributed by atoms with Gasteiger partial charge in [-0.15, -0.1) is 0 Å². The molecular formula is C13H13N5. The van der Waals surface area contributed by atoms with Gasteiger partial charge in [0, 0.05) is 25.0 Å². The fourth-order valence-corrected chi connectivity index (χ4v) is 2.04. The van der Waals surface area contributed by atoms with Gasteiger partial charge >= 0.3 is 0 Å². The van der Waals surface area contributed by atoms with E-state index >= 15 is 0 Å². The van der Waals surface area contributed by atoms with Gasteiger partial charge in [-0.1, -0.05) is 0 Å². The highest BCUT2D eigenvalue weighted by Gasteiger charge is 2.09. The Bertz CT molecular complexity index is 687. The highest BCUT2D eigenvalue weighted by atomic mass is 15.2. The van der Waals surface area contributed by atoms with Crippen LogP contribution >= 0.6 is 0 Å². The van der Waals surface area contributed by atoms with Crippen molar-refractivity contribution in [3.8, 4) is 11.4 Å². The summed E-state index contributed by atoms with van der Waals surface area (Å²) in [6.07, 6.45) is 3.53. The van der Waals surface area contributed by atoms with Crippen LogP contribution in [0.4, 0.5) is 5.69 Å². The highest BCUT2D eigenvalue weighted by Crippen LogP contribution is 2.24. The summed E-state index contributed by atoms with van der Waals surface area (Å²) in [4.78, 5) is 8.64. The van der Waals surface area contributed by atoms with Gasteiger partial charge in [0.1, 0.15) is 5.82 Å². The molecule has 90 valence electrons. The predicted molar refractivity (Wildman–Crippen MR) is 71.8 cm³/mol. The molecule has 5 nitrogen and oxygen atoms in total. The first-order chi connectivity index (χ1) is 8.79. The summed E-state index contributed by atoms with van der Waals surface area (Å²) >= 11 is 0. The first-order valence-corrected chi connectivity index (χ1v) is 5.63. The Hall–Kier alpha value is -2.40. The molecule has 0 radical (unpaired) electrons. The third-order valence-corrected chi connectivity index (χ3v) is 2.99. The van der Waals surface area contributed by atoms with Crippen LogP contribution in [-0.4, -0.2) is 14.5 Å². The van der Waals surface area contributed by atoms with Crippen LogP contribution < -0.4 is 11.3 Å². The van der Waals surface area contributed by atoms with E-state index in [9.17, 15) is 0 Å². The minimum Gasteiger partial charge on any atom is -0.327 e. The van der Waals surface area contributed by atoms with Crippen molar-refractivity contribution in [2.24, 2.45) is 12.9 Å². The van der Waals surface area contributed by atoms with Gasteiger partial charge in [-0.2, -0.15) is 0 Å². The molecular weight excluding hydrogens is 226 g/mol. The average molecular weight is 239 g/mol. The van der Waals surface area contributed by atoms with Crippen LogP contribution in [0.25, 0.3) is 22.4 Å². The summed E-state index contributed by atoms with van der Waals surface area (Å²) in [5.41, 5.74) is 6.55. The number of anilines is 1. The van der Waals surface area contributed by atoms with E-state index in [0.717, 1.165) is 28.1 Å². The number of imidazole rings is 1. The quantitative estimate of drug-likeness (QED) is 0.529. The standard InChI is InChI=1S/C13H13N5/c1-18-12-8-10(17-14)2-3-11(12)16-13(18)9-4-6-15-7-5-9/h2-8,17H,14H2,1H3. The van der Waals surface area contributed by atoms with Crippen LogP contribution in [-0.2, 0) is 7.05 Å². The zero-order chi connectivity index (χ0) is 12.5. The Morgan fingerprint density at radius 1 is 1.17 bits per heavy atom. The zero-order valence-electron chi connectivity index (χ0n) is 9.96. The normalized spacial score (nSPS) is 10.8. The predicted octanol–water partition coefficient (Wildman–Crippen LogP) is 1.92. The molecule has 0 atom stereocenters. The molecule has 5 heteroatoms. The van der Waals surface area contributed by atoms with E-state index in [0.29, 0.717) is 0 Å². The maximum Gasteiger partial charge on any atom is 0.140 e. The Morgan fingerprint density at radius 2 is 1.94 bits per heavy atom. The molecule has 0 fully saturated rings. The summed E-state index contributed by atoms with van der Waals surface area (Å²) in [5, 5.41) is 0. The number of hydrogen-bond donors (Lipinski definition) is 2. The molecule has 3 N–H and O–H groups in total. The van der Waals surface area contributed by atoms with Crippen LogP contribution in [0.3, 0.4) is 0 Å². The second-order valence-corrected chi connectivity index (χ2v) is 4.08. The fraction of sp³-hybridized carbons (Fsp3) is 0.0769. The number of nitrogens with one attached hydrogen (secondary N) is 1. The van der Waals surface area contributed by atoms with Crippen molar-refractivity contribution in [3.63, 3.8) is 0 Å². The molecule has 0 aliphatic rings. The van der Waals surface area contributed by atoms with Crippen molar-refractivity contribution in [2.45, 2.75) is 0 Å². The van der Waals surface area contributed by atoms with Gasteiger partial charge in [0.05, 0.1) is 16.7 Å². The second kappa shape index (κ2) is 4.12. The molecule has 3 rings (SSSR count). The largest absolute Gasteiger partial charge is 0.327 e. The molecule has 0 saturated heterocycles. The van der Waals surface area contributed by atoms with Gasteiger partial charge in [-0.05, 0) is 30.3 Å². The van der Waals surface area contributed by atoms with Crippen LogP contribution in [0.5, 0.6) is 0 Å². The molecule has 0 aliphatic heterocycles. The summed E-state index contributed by atoms with van der Waals surface area (Å²) in [6.45, 7) is 0. The summed E-state index contributed by atoms with van der Waals surface area (Å²) in [6, 6.07) is 9.74. The lowest BCUT2D eigenvalue weighted by Gasteiger charge is -2.03. The number of rotatable bonds is 2. The first-order valence-electron chi connectivity index (χ1n) is 5.63. The van der Waals surface area contributed by atoms with Gasteiger partial charge < -0.3 is 9.99 Å². The van der Waals surface area contributed by atoms with E-state index in [1.807, 2.05) is 41.9 Å². The van der Waals surface area contributed by atoms with E-state index in [-0.39, 0.29) is 0 Å². The number of aromatic nitrogens is 3. The molecule has 0 spiro atoms. The van der Waals surface area contributed by atoms with Crippen LogP contribution in [0, 0.1) is 0 Å². The van der Waals surface area contributed by atoms with Crippen molar-refractivity contribution in [1.82, 2.24) is 14.5 Å². The van der Waals surface area contributed by atoms with E-state index < -0.39 is 0 Å². The number of pyridine rings is 1. The van der Waals surface area contributed by atoms with Crippen LogP contribution in [0.15, 0.2) is 42.7 Å². The molecule has 3 aromatic rings. The number of hydrogen-bond acceptors (Lipinski definition) is 4. The maximum absolute atomic E-state index is 5.42. The number of aryl methyl sites for hydroxylation is 1. The molecule has 1 aromatic carbocycles. The van der Waals surface area contributed by atoms with E-state index in [1.54, 1.807) is 12.4 Å². The number of benzene rings is 1. The minimum absolute atomic E-state index is 0.867. The maximum atomic E-state index is 5.42. The zero-order valence-corrected chi connectivity index (χ0v) is 9.96. The lowest BCUT2D eigenvalue weighted by molar-refractivity contribution is 0.958. The number of hydrazine groups is 1. The van der Waals surface area contributed by atoms with Gasteiger partial charge in [0.15, 0.2) is 0 Å². The molecule has 0 unspecified atom stereocenters. The van der Waals surface area contributed by atoms with Crippen molar-refractivity contribution >= 4 is 16.7 Å². The van der Waals surface area contributed by atoms with Gasteiger partial charge in [-0.3, -0.25) is 10.8 Å². The molecule has 0 saturated carbocycles. The fourth-order valence-electron chi connectivity index (χ4n) is 2.04. The first kappa shape index (κ1) is 10.7. The Balaban J connectivity index is 2.23. The molecule has 0 aliphatic carbocycles. The SMILES string of the molecule is Cn1c(-c2ccncc2)nc2ccc(NN)cc21.